The number of hydrogen-bond acceptors (Lipinski definition) is 4. The molecule has 0 aliphatic carbocycles. The number of carbonyl (C=O) groups excluding carboxylic acids is 3. The second-order valence-corrected chi connectivity index (χ2v) is 7.92. The summed E-state index contributed by atoms with van der Waals surface area (Å²) in [5, 5.41) is 6.12. The van der Waals surface area contributed by atoms with E-state index in [4.69, 9.17) is 16.3 Å². The third-order valence-corrected chi connectivity index (χ3v) is 5.14. The number of carbonyl (C=O) groups is 3. The van der Waals surface area contributed by atoms with Gasteiger partial charge >= 0.3 is 12.0 Å². The average Bonchev–Trinajstić information content (AvgIpc) is 2.71. The average molecular weight is 442 g/mol. The van der Waals surface area contributed by atoms with E-state index in [0.717, 1.165) is 0 Å². The minimum atomic E-state index is -0.660. The second kappa shape index (κ2) is 9.22. The van der Waals surface area contributed by atoms with Gasteiger partial charge in [0.1, 0.15) is 0 Å². The van der Waals surface area contributed by atoms with Crippen LogP contribution < -0.4 is 10.6 Å². The molecule has 31 heavy (non-hydrogen) atoms. The molecule has 1 aliphatic heterocycles. The van der Waals surface area contributed by atoms with Crippen molar-refractivity contribution in [3.63, 3.8) is 0 Å². The Bertz CT molecular complexity index is 1050. The Hall–Kier alpha value is -3.32. The SMILES string of the molecule is CC1=C(C(=O)OC(C)C)C(c2ccc(NC(=O)c3cccc(Cl)c3)cc2)NC(=O)N1C. The molecule has 0 radical (unpaired) electrons. The summed E-state index contributed by atoms with van der Waals surface area (Å²) in [4.78, 5) is 38.9. The largest absolute Gasteiger partial charge is 0.459 e. The van der Waals surface area contributed by atoms with Crippen molar-refractivity contribution in [2.24, 2.45) is 0 Å². The molecule has 1 aliphatic rings. The van der Waals surface area contributed by atoms with Gasteiger partial charge < -0.3 is 20.3 Å². The number of amides is 3. The van der Waals surface area contributed by atoms with Crippen LogP contribution in [0.25, 0.3) is 0 Å². The van der Waals surface area contributed by atoms with Gasteiger partial charge in [-0.3, -0.25) is 4.79 Å². The van der Waals surface area contributed by atoms with Gasteiger partial charge in [0.15, 0.2) is 0 Å². The van der Waals surface area contributed by atoms with Gasteiger partial charge in [-0.1, -0.05) is 29.8 Å². The summed E-state index contributed by atoms with van der Waals surface area (Å²) < 4.78 is 5.39. The molecule has 0 saturated carbocycles. The lowest BCUT2D eigenvalue weighted by Crippen LogP contribution is -2.46. The summed E-state index contributed by atoms with van der Waals surface area (Å²) in [6.45, 7) is 5.25. The molecule has 0 aromatic heterocycles. The fourth-order valence-electron chi connectivity index (χ4n) is 3.22. The van der Waals surface area contributed by atoms with Crippen molar-refractivity contribution in [2.75, 3.05) is 12.4 Å². The number of hydrogen-bond donors (Lipinski definition) is 2. The molecular formula is C23H24ClN3O4. The van der Waals surface area contributed by atoms with Crippen molar-refractivity contribution in [1.82, 2.24) is 10.2 Å². The number of anilines is 1. The van der Waals surface area contributed by atoms with E-state index in [-0.39, 0.29) is 18.0 Å². The molecule has 3 rings (SSSR count). The Morgan fingerprint density at radius 1 is 1.16 bits per heavy atom. The number of nitrogens with zero attached hydrogens (tertiary/aromatic N) is 1. The first-order chi connectivity index (χ1) is 14.7. The Morgan fingerprint density at radius 3 is 2.45 bits per heavy atom. The first kappa shape index (κ1) is 22.4. The van der Waals surface area contributed by atoms with Crippen LogP contribution in [-0.4, -0.2) is 36.0 Å². The van der Waals surface area contributed by atoms with Crippen molar-refractivity contribution in [3.05, 3.63) is 76.0 Å². The van der Waals surface area contributed by atoms with E-state index in [9.17, 15) is 14.4 Å². The number of rotatable bonds is 5. The van der Waals surface area contributed by atoms with Gasteiger partial charge in [0.2, 0.25) is 0 Å². The lowest BCUT2D eigenvalue weighted by Gasteiger charge is -2.33. The molecule has 0 spiro atoms. The van der Waals surface area contributed by atoms with E-state index in [0.29, 0.717) is 33.1 Å². The zero-order chi connectivity index (χ0) is 22.7. The zero-order valence-electron chi connectivity index (χ0n) is 17.7. The molecule has 0 saturated heterocycles. The lowest BCUT2D eigenvalue weighted by molar-refractivity contribution is -0.143. The Morgan fingerprint density at radius 2 is 1.84 bits per heavy atom. The predicted molar refractivity (Wildman–Crippen MR) is 119 cm³/mol. The van der Waals surface area contributed by atoms with Crippen LogP contribution in [0.3, 0.4) is 0 Å². The molecule has 1 unspecified atom stereocenters. The number of halogens is 1. The number of ether oxygens (including phenoxy) is 1. The van der Waals surface area contributed by atoms with Gasteiger partial charge in [0.25, 0.3) is 5.91 Å². The van der Waals surface area contributed by atoms with E-state index >= 15 is 0 Å². The Kier molecular flexibility index (Phi) is 6.65. The third kappa shape index (κ3) is 5.06. The van der Waals surface area contributed by atoms with Crippen LogP contribution in [0.4, 0.5) is 10.5 Å². The van der Waals surface area contributed by atoms with Gasteiger partial charge in [-0.05, 0) is 56.7 Å². The molecule has 2 aromatic rings. The lowest BCUT2D eigenvalue weighted by atomic mass is 9.95. The third-order valence-electron chi connectivity index (χ3n) is 4.91. The van der Waals surface area contributed by atoms with E-state index in [1.807, 2.05) is 0 Å². The first-order valence-corrected chi connectivity index (χ1v) is 10.2. The Balaban J connectivity index is 1.85. The second-order valence-electron chi connectivity index (χ2n) is 7.48. The molecular weight excluding hydrogens is 418 g/mol. The number of urea groups is 1. The summed E-state index contributed by atoms with van der Waals surface area (Å²) >= 11 is 5.94. The van der Waals surface area contributed by atoms with Crippen LogP contribution in [0.15, 0.2) is 59.8 Å². The molecule has 2 N–H and O–H groups in total. The molecule has 1 atom stereocenters. The van der Waals surface area contributed by atoms with Crippen LogP contribution >= 0.6 is 11.6 Å². The van der Waals surface area contributed by atoms with Crippen molar-refractivity contribution in [3.8, 4) is 0 Å². The smallest absolute Gasteiger partial charge is 0.338 e. The van der Waals surface area contributed by atoms with E-state index in [1.54, 1.807) is 76.3 Å². The van der Waals surface area contributed by atoms with E-state index in [2.05, 4.69) is 10.6 Å². The Labute approximate surface area is 186 Å². The summed E-state index contributed by atoms with van der Waals surface area (Å²) in [5.74, 6) is -0.775. The van der Waals surface area contributed by atoms with E-state index < -0.39 is 12.0 Å². The topological polar surface area (TPSA) is 87.7 Å². The van der Waals surface area contributed by atoms with Crippen molar-refractivity contribution >= 4 is 35.2 Å². The number of esters is 1. The van der Waals surface area contributed by atoms with Crippen LogP contribution in [0.5, 0.6) is 0 Å². The molecule has 2 aromatic carbocycles. The van der Waals surface area contributed by atoms with Gasteiger partial charge in [-0.15, -0.1) is 0 Å². The maximum absolute atomic E-state index is 12.7. The van der Waals surface area contributed by atoms with Gasteiger partial charge in [-0.2, -0.15) is 0 Å². The predicted octanol–water partition coefficient (Wildman–Crippen LogP) is 4.51. The highest BCUT2D eigenvalue weighted by atomic mass is 35.5. The summed E-state index contributed by atoms with van der Waals surface area (Å²) in [5.41, 5.74) is 2.60. The van der Waals surface area contributed by atoms with Crippen molar-refractivity contribution in [1.29, 1.82) is 0 Å². The zero-order valence-corrected chi connectivity index (χ0v) is 18.5. The molecule has 8 heteroatoms. The molecule has 0 fully saturated rings. The maximum atomic E-state index is 12.7. The number of nitrogens with one attached hydrogen (secondary N) is 2. The quantitative estimate of drug-likeness (QED) is 0.668. The monoisotopic (exact) mass is 441 g/mol. The fraction of sp³-hybridized carbons (Fsp3) is 0.261. The minimum absolute atomic E-state index is 0.291. The standard InChI is InChI=1S/C23H24ClN3O4/c1-13(2)31-22(29)19-14(3)27(4)23(30)26-20(19)15-8-10-18(11-9-15)25-21(28)16-6-5-7-17(24)12-16/h5-13,20H,1-4H3,(H,25,28)(H,26,30). The number of allylic oxidation sites excluding steroid dienone is 1. The molecule has 3 amide bonds. The van der Waals surface area contributed by atoms with Crippen LogP contribution in [0.2, 0.25) is 5.02 Å². The highest BCUT2D eigenvalue weighted by molar-refractivity contribution is 6.31. The van der Waals surface area contributed by atoms with Gasteiger partial charge in [0.05, 0.1) is 17.7 Å². The van der Waals surface area contributed by atoms with Crippen LogP contribution in [0.1, 0.15) is 42.7 Å². The fourth-order valence-corrected chi connectivity index (χ4v) is 3.41. The maximum Gasteiger partial charge on any atom is 0.338 e. The number of benzene rings is 2. The summed E-state index contributed by atoms with van der Waals surface area (Å²) in [6.07, 6.45) is -0.291. The molecule has 7 nitrogen and oxygen atoms in total. The van der Waals surface area contributed by atoms with Crippen LogP contribution in [0, 0.1) is 0 Å². The highest BCUT2D eigenvalue weighted by Crippen LogP contribution is 2.31. The van der Waals surface area contributed by atoms with E-state index in [1.165, 1.54) is 4.90 Å². The molecule has 162 valence electrons. The summed E-state index contributed by atoms with van der Waals surface area (Å²) in [7, 11) is 1.60. The molecule has 1 heterocycles. The molecule has 0 bridgehead atoms. The minimum Gasteiger partial charge on any atom is -0.459 e. The van der Waals surface area contributed by atoms with Gasteiger partial charge in [-0.25, -0.2) is 9.59 Å². The van der Waals surface area contributed by atoms with Crippen molar-refractivity contribution in [2.45, 2.75) is 32.9 Å². The highest BCUT2D eigenvalue weighted by Gasteiger charge is 2.35. The first-order valence-electron chi connectivity index (χ1n) is 9.80. The van der Waals surface area contributed by atoms with Crippen LogP contribution in [-0.2, 0) is 9.53 Å². The normalized spacial score (nSPS) is 16.3. The van der Waals surface area contributed by atoms with Gasteiger partial charge in [0, 0.05) is 29.0 Å². The summed E-state index contributed by atoms with van der Waals surface area (Å²) in [6, 6.07) is 12.6. The van der Waals surface area contributed by atoms with Crippen molar-refractivity contribution < 1.29 is 19.1 Å².